The van der Waals surface area contributed by atoms with Gasteiger partial charge in [0.25, 0.3) is 10.0 Å². The average molecular weight is 439 g/mol. The standard InChI is InChI=1S/C20H17Cl2FN2O2S/c1-24-18-10-9-12-14(18)11-25(19(12)13-5-2-3-8-17(13)23)28(26,27)20-15(21)6-4-7-16(20)22/h2-8,11,18,24H,9-10H2,1H3. The van der Waals surface area contributed by atoms with Crippen molar-refractivity contribution in [2.45, 2.75) is 23.8 Å². The van der Waals surface area contributed by atoms with Gasteiger partial charge in [0, 0.05) is 17.8 Å². The summed E-state index contributed by atoms with van der Waals surface area (Å²) in [5.41, 5.74) is 2.21. The van der Waals surface area contributed by atoms with Crippen molar-refractivity contribution in [2.75, 3.05) is 7.05 Å². The van der Waals surface area contributed by atoms with Crippen molar-refractivity contribution in [3.8, 4) is 11.3 Å². The van der Waals surface area contributed by atoms with Gasteiger partial charge in [0.15, 0.2) is 0 Å². The van der Waals surface area contributed by atoms with E-state index in [1.807, 2.05) is 7.05 Å². The fraction of sp³-hybridized carbons (Fsp3) is 0.200. The largest absolute Gasteiger partial charge is 0.313 e. The minimum Gasteiger partial charge on any atom is -0.313 e. The van der Waals surface area contributed by atoms with E-state index < -0.39 is 15.8 Å². The van der Waals surface area contributed by atoms with Crippen molar-refractivity contribution in [3.63, 3.8) is 0 Å². The molecule has 0 radical (unpaired) electrons. The summed E-state index contributed by atoms with van der Waals surface area (Å²) in [7, 11) is -2.33. The van der Waals surface area contributed by atoms with E-state index in [0.29, 0.717) is 12.1 Å². The molecule has 28 heavy (non-hydrogen) atoms. The van der Waals surface area contributed by atoms with E-state index >= 15 is 0 Å². The van der Waals surface area contributed by atoms with Crippen LogP contribution in [0.2, 0.25) is 10.0 Å². The molecule has 4 nitrogen and oxygen atoms in total. The first-order chi connectivity index (χ1) is 13.4. The third-order valence-corrected chi connectivity index (χ3v) is 7.70. The fourth-order valence-corrected chi connectivity index (χ4v) is 6.31. The van der Waals surface area contributed by atoms with Crippen molar-refractivity contribution < 1.29 is 12.8 Å². The maximum atomic E-state index is 14.7. The summed E-state index contributed by atoms with van der Waals surface area (Å²) < 4.78 is 42.8. The molecule has 3 aromatic rings. The number of halogens is 3. The Morgan fingerprint density at radius 2 is 1.79 bits per heavy atom. The predicted molar refractivity (Wildman–Crippen MR) is 109 cm³/mol. The second-order valence-electron chi connectivity index (χ2n) is 6.62. The third kappa shape index (κ3) is 2.95. The Kier molecular flexibility index (Phi) is 5.00. The summed E-state index contributed by atoms with van der Waals surface area (Å²) in [5.74, 6) is -0.488. The Labute approximate surface area is 173 Å². The first-order valence-electron chi connectivity index (χ1n) is 8.72. The van der Waals surface area contributed by atoms with Gasteiger partial charge < -0.3 is 5.32 Å². The Hall–Kier alpha value is -1.86. The Balaban J connectivity index is 2.05. The summed E-state index contributed by atoms with van der Waals surface area (Å²) in [6.45, 7) is 0. The normalized spacial score (nSPS) is 16.4. The van der Waals surface area contributed by atoms with Gasteiger partial charge in [0.05, 0.1) is 15.7 Å². The summed E-state index contributed by atoms with van der Waals surface area (Å²) in [5, 5.41) is 3.23. The summed E-state index contributed by atoms with van der Waals surface area (Å²) >= 11 is 12.4. The van der Waals surface area contributed by atoms with Crippen LogP contribution in [0.25, 0.3) is 11.3 Å². The maximum Gasteiger partial charge on any atom is 0.271 e. The van der Waals surface area contributed by atoms with E-state index in [1.165, 1.54) is 18.2 Å². The molecule has 1 heterocycles. The molecule has 0 aliphatic heterocycles. The van der Waals surface area contributed by atoms with Crippen LogP contribution in [-0.4, -0.2) is 19.4 Å². The van der Waals surface area contributed by atoms with Crippen molar-refractivity contribution >= 4 is 33.2 Å². The highest BCUT2D eigenvalue weighted by Crippen LogP contribution is 2.43. The predicted octanol–water partition coefficient (Wildman–Crippen LogP) is 5.04. The zero-order valence-corrected chi connectivity index (χ0v) is 17.2. The number of nitrogens with one attached hydrogen (secondary N) is 1. The molecule has 0 saturated carbocycles. The first kappa shape index (κ1) is 19.5. The Bertz CT molecular complexity index is 1150. The van der Waals surface area contributed by atoms with Crippen LogP contribution < -0.4 is 5.32 Å². The minimum absolute atomic E-state index is 0.00121. The van der Waals surface area contributed by atoms with Crippen molar-refractivity contribution in [1.29, 1.82) is 0 Å². The van der Waals surface area contributed by atoms with Gasteiger partial charge in [-0.1, -0.05) is 41.4 Å². The second kappa shape index (κ2) is 7.19. The average Bonchev–Trinajstić information content (AvgIpc) is 3.21. The maximum absolute atomic E-state index is 14.7. The number of nitrogens with zero attached hydrogens (tertiary/aromatic N) is 1. The molecule has 1 aliphatic carbocycles. The number of fused-ring (bicyclic) bond motifs is 1. The molecular weight excluding hydrogens is 422 g/mol. The molecule has 1 unspecified atom stereocenters. The molecule has 0 spiro atoms. The Morgan fingerprint density at radius 3 is 2.43 bits per heavy atom. The molecule has 146 valence electrons. The molecule has 1 N–H and O–H groups in total. The minimum atomic E-state index is -4.15. The quantitative estimate of drug-likeness (QED) is 0.620. The molecule has 0 saturated heterocycles. The number of rotatable bonds is 4. The van der Waals surface area contributed by atoms with Gasteiger partial charge in [-0.05, 0) is 55.3 Å². The number of hydrogen-bond donors (Lipinski definition) is 1. The van der Waals surface area contributed by atoms with Crippen molar-refractivity contribution in [3.05, 3.63) is 75.7 Å². The lowest BCUT2D eigenvalue weighted by atomic mass is 10.1. The van der Waals surface area contributed by atoms with Crippen LogP contribution in [0, 0.1) is 5.82 Å². The van der Waals surface area contributed by atoms with Gasteiger partial charge in [0.1, 0.15) is 10.7 Å². The fourth-order valence-electron chi connectivity index (χ4n) is 3.80. The zero-order chi connectivity index (χ0) is 20.1. The van der Waals surface area contributed by atoms with Crippen LogP contribution in [0.5, 0.6) is 0 Å². The van der Waals surface area contributed by atoms with Crippen LogP contribution >= 0.6 is 23.2 Å². The number of benzene rings is 2. The SMILES string of the molecule is CNC1CCc2c1cn(S(=O)(=O)c1c(Cl)cccc1Cl)c2-c1ccccc1F. The zero-order valence-electron chi connectivity index (χ0n) is 14.9. The Morgan fingerprint density at radius 1 is 1.11 bits per heavy atom. The van der Waals surface area contributed by atoms with Crippen molar-refractivity contribution in [2.24, 2.45) is 0 Å². The second-order valence-corrected chi connectivity index (χ2v) is 9.19. The molecule has 4 rings (SSSR count). The van der Waals surface area contributed by atoms with E-state index in [1.54, 1.807) is 30.5 Å². The third-order valence-electron chi connectivity index (χ3n) is 5.08. The molecule has 1 aromatic heterocycles. The molecule has 1 aliphatic rings. The summed E-state index contributed by atoms with van der Waals surface area (Å²) in [6, 6.07) is 10.7. The smallest absolute Gasteiger partial charge is 0.271 e. The monoisotopic (exact) mass is 438 g/mol. The van der Waals surface area contributed by atoms with Gasteiger partial charge in [0.2, 0.25) is 0 Å². The number of hydrogen-bond acceptors (Lipinski definition) is 3. The van der Waals surface area contributed by atoms with Gasteiger partial charge in [-0.25, -0.2) is 16.8 Å². The van der Waals surface area contributed by atoms with E-state index in [9.17, 15) is 12.8 Å². The molecule has 2 aromatic carbocycles. The van der Waals surface area contributed by atoms with Gasteiger partial charge in [-0.15, -0.1) is 0 Å². The number of aromatic nitrogens is 1. The van der Waals surface area contributed by atoms with Crippen molar-refractivity contribution in [1.82, 2.24) is 9.29 Å². The topological polar surface area (TPSA) is 51.1 Å². The molecule has 0 amide bonds. The molecule has 0 bridgehead atoms. The highest BCUT2D eigenvalue weighted by molar-refractivity contribution is 7.90. The van der Waals surface area contributed by atoms with Gasteiger partial charge in [-0.3, -0.25) is 0 Å². The van der Waals surface area contributed by atoms with Gasteiger partial charge >= 0.3 is 0 Å². The molecule has 1 atom stereocenters. The van der Waals surface area contributed by atoms with E-state index in [4.69, 9.17) is 23.2 Å². The highest BCUT2D eigenvalue weighted by atomic mass is 35.5. The van der Waals surface area contributed by atoms with Crippen LogP contribution in [0.15, 0.2) is 53.6 Å². The van der Waals surface area contributed by atoms with Crippen LogP contribution in [-0.2, 0) is 16.4 Å². The summed E-state index contributed by atoms with van der Waals surface area (Å²) in [6.07, 6.45) is 3.01. The lowest BCUT2D eigenvalue weighted by Crippen LogP contribution is -2.17. The molecular formula is C20H17Cl2FN2O2S. The van der Waals surface area contributed by atoms with E-state index in [0.717, 1.165) is 21.5 Å². The van der Waals surface area contributed by atoms with Crippen LogP contribution in [0.1, 0.15) is 23.6 Å². The van der Waals surface area contributed by atoms with Crippen LogP contribution in [0.4, 0.5) is 4.39 Å². The van der Waals surface area contributed by atoms with E-state index in [2.05, 4.69) is 5.32 Å². The lowest BCUT2D eigenvalue weighted by Gasteiger charge is -2.15. The molecule has 8 heteroatoms. The van der Waals surface area contributed by atoms with Crippen LogP contribution in [0.3, 0.4) is 0 Å². The summed E-state index contributed by atoms with van der Waals surface area (Å²) in [4.78, 5) is -0.189. The first-order valence-corrected chi connectivity index (χ1v) is 10.9. The van der Waals surface area contributed by atoms with Gasteiger partial charge in [-0.2, -0.15) is 0 Å². The van der Waals surface area contributed by atoms with E-state index in [-0.39, 0.29) is 26.5 Å². The molecule has 0 fully saturated rings. The lowest BCUT2D eigenvalue weighted by molar-refractivity contribution is 0.578. The highest BCUT2D eigenvalue weighted by Gasteiger charge is 2.34.